The summed E-state index contributed by atoms with van der Waals surface area (Å²) in [5.74, 6) is -5.15. The summed E-state index contributed by atoms with van der Waals surface area (Å²) in [4.78, 5) is 39.4. The van der Waals surface area contributed by atoms with Crippen molar-refractivity contribution < 1.29 is 78.3 Å². The van der Waals surface area contributed by atoms with Crippen LogP contribution in [0.25, 0.3) is 0 Å². The Morgan fingerprint density at radius 2 is 1.58 bits per heavy atom. The number of aliphatic carboxylic acids is 2. The minimum absolute atomic E-state index is 0.00567. The van der Waals surface area contributed by atoms with E-state index in [0.717, 1.165) is 31.4 Å². The quantitative estimate of drug-likeness (QED) is 0.332. The minimum atomic E-state index is -5.08. The molecule has 0 aromatic carbocycles. The number of nitrogens with one attached hydrogen (secondary N) is 1. The lowest BCUT2D eigenvalue weighted by Crippen LogP contribution is -2.55. The third-order valence-electron chi connectivity index (χ3n) is 8.15. The van der Waals surface area contributed by atoms with Crippen molar-refractivity contribution in [3.05, 3.63) is 23.9 Å². The number of carbonyl (C=O) groups is 3. The zero-order valence-corrected chi connectivity index (χ0v) is 27.0. The molecule has 286 valence electrons. The molecule has 4 rings (SSSR count). The second kappa shape index (κ2) is 18.2. The number of anilines is 1. The lowest BCUT2D eigenvalue weighted by molar-refractivity contribution is -0.193. The van der Waals surface area contributed by atoms with E-state index >= 15 is 0 Å². The third-order valence-corrected chi connectivity index (χ3v) is 8.15. The number of alkyl halides is 9. The number of nitrogens with zero attached hydrogens (tertiary/aromatic N) is 3. The number of ether oxygens (including phenoxy) is 3. The molecule has 0 radical (unpaired) electrons. The van der Waals surface area contributed by atoms with E-state index in [9.17, 15) is 44.3 Å². The van der Waals surface area contributed by atoms with Gasteiger partial charge in [-0.05, 0) is 44.7 Å². The number of pyridine rings is 1. The summed E-state index contributed by atoms with van der Waals surface area (Å²) < 4.78 is 120. The van der Waals surface area contributed by atoms with Crippen LogP contribution in [0, 0.1) is 5.41 Å². The number of hydrogen-bond acceptors (Lipinski definition) is 9. The number of methoxy groups -OCH3 is 1. The van der Waals surface area contributed by atoms with Crippen LogP contribution in [0.5, 0.6) is 0 Å². The van der Waals surface area contributed by atoms with Crippen LogP contribution in [0.2, 0.25) is 0 Å². The van der Waals surface area contributed by atoms with Crippen LogP contribution >= 0.6 is 0 Å². The molecule has 50 heavy (non-hydrogen) atoms. The van der Waals surface area contributed by atoms with Crippen molar-refractivity contribution in [1.29, 1.82) is 0 Å². The summed E-state index contributed by atoms with van der Waals surface area (Å²) in [6, 6.07) is 2.42. The molecule has 1 saturated carbocycles. The van der Waals surface area contributed by atoms with Gasteiger partial charge in [-0.3, -0.25) is 4.79 Å². The van der Waals surface area contributed by atoms with Gasteiger partial charge in [0.15, 0.2) is 0 Å². The van der Waals surface area contributed by atoms with E-state index in [0.29, 0.717) is 59.0 Å². The fraction of sp³-hybridized carbons (Fsp3) is 0.724. The summed E-state index contributed by atoms with van der Waals surface area (Å²) in [5, 5.41) is 18.0. The number of hydrogen-bond donors (Lipinski definition) is 3. The van der Waals surface area contributed by atoms with Gasteiger partial charge in [0, 0.05) is 64.8 Å². The number of rotatable bonds is 8. The molecule has 1 aromatic rings. The lowest BCUT2D eigenvalue weighted by Gasteiger charge is -2.40. The molecule has 3 heterocycles. The van der Waals surface area contributed by atoms with Gasteiger partial charge in [0.25, 0.3) is 0 Å². The first-order valence-electron chi connectivity index (χ1n) is 15.3. The highest BCUT2D eigenvalue weighted by Gasteiger charge is 2.48. The molecule has 12 nitrogen and oxygen atoms in total. The monoisotopic (exact) mass is 742 g/mol. The smallest absolute Gasteiger partial charge is 0.475 e. The first kappa shape index (κ1) is 42.7. The second-order valence-corrected chi connectivity index (χ2v) is 11.6. The molecule has 3 N–H and O–H groups in total. The highest BCUT2D eigenvalue weighted by atomic mass is 19.4. The predicted molar refractivity (Wildman–Crippen MR) is 155 cm³/mol. The van der Waals surface area contributed by atoms with E-state index in [4.69, 9.17) is 34.0 Å². The fourth-order valence-corrected chi connectivity index (χ4v) is 5.63. The van der Waals surface area contributed by atoms with Gasteiger partial charge < -0.3 is 39.5 Å². The van der Waals surface area contributed by atoms with Crippen LogP contribution in [0.3, 0.4) is 0 Å². The maximum atomic E-state index is 13.8. The topological polar surface area (TPSA) is 151 Å². The standard InChI is InChI=1S/C25H37F3N4O4.2C2HF3O2/c1-3-35-17-24(7-4-19(15-24)30-20-6-13-36-16-21(20)34-2)23(33)32-11-9-31(10-12-32)22-14-18(5-8-29-22)25(26,27)28;2*3-2(4,5)1(6)7/h5,8,14,19-21,30H,3-4,6-7,9-13,15-17H2,1-2H3;2*(H,6,7)/t19-,20-,21?,24+;;/m1../s1. The zero-order valence-electron chi connectivity index (χ0n) is 27.0. The van der Waals surface area contributed by atoms with Crippen LogP contribution in [0.4, 0.5) is 45.3 Å². The molecule has 0 bridgehead atoms. The molecule has 1 amide bonds. The highest BCUT2D eigenvalue weighted by Crippen LogP contribution is 2.41. The molecule has 3 fully saturated rings. The molecule has 4 atom stereocenters. The van der Waals surface area contributed by atoms with E-state index in [-0.39, 0.29) is 29.9 Å². The number of aromatic nitrogens is 1. The van der Waals surface area contributed by atoms with Gasteiger partial charge in [-0.25, -0.2) is 14.6 Å². The van der Waals surface area contributed by atoms with E-state index in [1.807, 2.05) is 16.7 Å². The molecule has 2 saturated heterocycles. The molecule has 3 aliphatic rings. The predicted octanol–water partition coefficient (Wildman–Crippen LogP) is 3.98. The van der Waals surface area contributed by atoms with Crippen molar-refractivity contribution in [2.24, 2.45) is 5.41 Å². The van der Waals surface area contributed by atoms with Crippen LogP contribution in [0.1, 0.15) is 38.2 Å². The average Bonchev–Trinajstić information content (AvgIpc) is 3.46. The highest BCUT2D eigenvalue weighted by molar-refractivity contribution is 5.83. The van der Waals surface area contributed by atoms with Gasteiger partial charge in [0.2, 0.25) is 5.91 Å². The molecule has 1 unspecified atom stereocenters. The maximum absolute atomic E-state index is 13.8. The summed E-state index contributed by atoms with van der Waals surface area (Å²) in [6.07, 6.45) is -10.2. The average molecular weight is 743 g/mol. The van der Waals surface area contributed by atoms with E-state index in [1.165, 1.54) is 6.20 Å². The number of carbonyl (C=O) groups excluding carboxylic acids is 1. The summed E-state index contributed by atoms with van der Waals surface area (Å²) in [6.45, 7) is 5.84. The van der Waals surface area contributed by atoms with Gasteiger partial charge in [-0.1, -0.05) is 0 Å². The molecule has 1 aromatic heterocycles. The Balaban J connectivity index is 0.000000521. The van der Waals surface area contributed by atoms with E-state index < -0.39 is 41.4 Å². The van der Waals surface area contributed by atoms with Crippen molar-refractivity contribution in [2.45, 2.75) is 69.3 Å². The summed E-state index contributed by atoms with van der Waals surface area (Å²) in [5.41, 5.74) is -1.32. The Bertz CT molecular complexity index is 1240. The molecule has 2 aliphatic heterocycles. The molecule has 21 heteroatoms. The van der Waals surface area contributed by atoms with Gasteiger partial charge in [0.1, 0.15) is 5.82 Å². The fourth-order valence-electron chi connectivity index (χ4n) is 5.63. The molecular formula is C29H39F9N4O8. The third kappa shape index (κ3) is 12.7. The lowest BCUT2D eigenvalue weighted by atomic mass is 9.84. The Kier molecular flexibility index (Phi) is 15.5. The Hall–Kier alpha value is -3.43. The normalized spacial score (nSPS) is 24.4. The van der Waals surface area contributed by atoms with E-state index in [1.54, 1.807) is 7.11 Å². The Morgan fingerprint density at radius 1 is 1.00 bits per heavy atom. The number of carboxylic acids is 2. The van der Waals surface area contributed by atoms with Gasteiger partial charge in [-0.15, -0.1) is 0 Å². The first-order valence-corrected chi connectivity index (χ1v) is 15.3. The Morgan fingerprint density at radius 3 is 2.08 bits per heavy atom. The summed E-state index contributed by atoms with van der Waals surface area (Å²) >= 11 is 0. The number of carboxylic acid groups (broad SMARTS) is 2. The van der Waals surface area contributed by atoms with Crippen LogP contribution in [0.15, 0.2) is 18.3 Å². The van der Waals surface area contributed by atoms with Gasteiger partial charge >= 0.3 is 30.5 Å². The number of amides is 1. The SMILES string of the molecule is CCOC[C@]1(C(=O)N2CCN(c3cc(C(F)(F)F)ccn3)CC2)CC[C@@H](N[C@@H]2CCOCC2OC)C1.O=C(O)C(F)(F)F.O=C(O)C(F)(F)F. The zero-order chi connectivity index (χ0) is 37.9. The Labute approximate surface area is 280 Å². The summed E-state index contributed by atoms with van der Waals surface area (Å²) in [7, 11) is 1.69. The molecule has 1 aliphatic carbocycles. The van der Waals surface area contributed by atoms with Crippen LogP contribution in [-0.4, -0.2) is 128 Å². The van der Waals surface area contributed by atoms with Gasteiger partial charge in [-0.2, -0.15) is 39.5 Å². The first-order chi connectivity index (χ1) is 23.1. The molecule has 0 spiro atoms. The second-order valence-electron chi connectivity index (χ2n) is 11.6. The van der Waals surface area contributed by atoms with E-state index in [2.05, 4.69) is 10.3 Å². The van der Waals surface area contributed by atoms with Crippen molar-refractivity contribution in [3.63, 3.8) is 0 Å². The number of piperazine rings is 1. The number of halogens is 9. The van der Waals surface area contributed by atoms with Gasteiger partial charge in [0.05, 0.1) is 30.3 Å². The van der Waals surface area contributed by atoms with Crippen LogP contribution < -0.4 is 10.2 Å². The van der Waals surface area contributed by atoms with Crippen molar-refractivity contribution >= 4 is 23.7 Å². The van der Waals surface area contributed by atoms with Crippen LogP contribution in [-0.2, 0) is 34.8 Å². The molecular weight excluding hydrogens is 703 g/mol. The van der Waals surface area contributed by atoms with Crippen molar-refractivity contribution in [3.8, 4) is 0 Å². The van der Waals surface area contributed by atoms with Crippen molar-refractivity contribution in [2.75, 3.05) is 64.6 Å². The maximum Gasteiger partial charge on any atom is 0.490 e. The minimum Gasteiger partial charge on any atom is -0.475 e. The largest absolute Gasteiger partial charge is 0.490 e. The van der Waals surface area contributed by atoms with Crippen molar-refractivity contribution in [1.82, 2.24) is 15.2 Å².